The lowest BCUT2D eigenvalue weighted by atomic mass is 9.74. The lowest BCUT2D eigenvalue weighted by molar-refractivity contribution is 0.102. The number of anilines is 2. The highest BCUT2D eigenvalue weighted by Crippen LogP contribution is 2.39. The maximum Gasteiger partial charge on any atom is 0.261 e. The lowest BCUT2D eigenvalue weighted by Gasteiger charge is -2.57. The molecule has 2 N–H and O–H groups in total. The lowest BCUT2D eigenvalue weighted by Crippen LogP contribution is -2.71. The summed E-state index contributed by atoms with van der Waals surface area (Å²) in [5, 5.41) is 6.84. The monoisotopic (exact) mass is 443 g/mol. The third kappa shape index (κ3) is 3.30. The molecule has 0 aromatic carbocycles. The van der Waals surface area contributed by atoms with E-state index in [9.17, 15) is 4.79 Å². The summed E-state index contributed by atoms with van der Waals surface area (Å²) in [7, 11) is 0. The number of nitrogens with one attached hydrogen (secondary N) is 2. The molecule has 1 amide bonds. The van der Waals surface area contributed by atoms with Crippen molar-refractivity contribution in [1.82, 2.24) is 25.3 Å². The molecule has 0 radical (unpaired) electrons. The van der Waals surface area contributed by atoms with Gasteiger partial charge in [-0.25, -0.2) is 4.98 Å². The molecular weight excluding hydrogens is 422 g/mol. The number of carbonyl (C=O) groups is 1. The molecule has 160 valence electrons. The van der Waals surface area contributed by atoms with Crippen LogP contribution >= 0.6 is 11.3 Å². The largest absolute Gasteiger partial charge is 0.369 e. The summed E-state index contributed by atoms with van der Waals surface area (Å²) in [5.74, 6) is -0.200. The number of pyridine rings is 3. The second-order valence-electron chi connectivity index (χ2n) is 8.56. The van der Waals surface area contributed by atoms with E-state index in [-0.39, 0.29) is 5.91 Å². The molecule has 0 aliphatic carbocycles. The average Bonchev–Trinajstić information content (AvgIpc) is 3.14. The highest BCUT2D eigenvalue weighted by molar-refractivity contribution is 7.22. The molecule has 0 saturated carbocycles. The zero-order valence-corrected chi connectivity index (χ0v) is 18.3. The topological polar surface area (TPSA) is 95.9 Å². The van der Waals surface area contributed by atoms with Crippen molar-refractivity contribution in [3.63, 3.8) is 0 Å². The SMILES string of the molecule is Cc1cc(N2CC3(CNC3)C2)c(C(=O)Nc2nc3ncc(-c4ccncc4)cc3s2)cn1. The Labute approximate surface area is 188 Å². The Morgan fingerprint density at radius 3 is 2.69 bits per heavy atom. The first-order valence-corrected chi connectivity index (χ1v) is 11.3. The molecule has 32 heavy (non-hydrogen) atoms. The van der Waals surface area contributed by atoms with E-state index in [2.05, 4.69) is 35.5 Å². The van der Waals surface area contributed by atoms with Crippen LogP contribution in [0.2, 0.25) is 0 Å². The Bertz CT molecular complexity index is 1320. The van der Waals surface area contributed by atoms with Crippen LogP contribution in [0.4, 0.5) is 10.8 Å². The summed E-state index contributed by atoms with van der Waals surface area (Å²) in [4.78, 5) is 32.8. The second-order valence-corrected chi connectivity index (χ2v) is 9.59. The molecule has 6 heterocycles. The van der Waals surface area contributed by atoms with Crippen LogP contribution in [0.5, 0.6) is 0 Å². The van der Waals surface area contributed by atoms with E-state index in [1.54, 1.807) is 24.8 Å². The number of rotatable bonds is 4. The number of thiazole rings is 1. The molecule has 8 nitrogen and oxygen atoms in total. The first-order chi connectivity index (χ1) is 15.6. The van der Waals surface area contributed by atoms with Crippen LogP contribution in [-0.4, -0.2) is 52.0 Å². The fourth-order valence-corrected chi connectivity index (χ4v) is 5.22. The predicted molar refractivity (Wildman–Crippen MR) is 125 cm³/mol. The van der Waals surface area contributed by atoms with Crippen LogP contribution in [0.25, 0.3) is 21.5 Å². The van der Waals surface area contributed by atoms with Gasteiger partial charge in [0.25, 0.3) is 5.91 Å². The van der Waals surface area contributed by atoms with Crippen molar-refractivity contribution in [2.45, 2.75) is 6.92 Å². The molecule has 4 aromatic rings. The highest BCUT2D eigenvalue weighted by Gasteiger charge is 2.48. The third-order valence-electron chi connectivity index (χ3n) is 6.14. The Kier molecular flexibility index (Phi) is 4.41. The van der Waals surface area contributed by atoms with Gasteiger partial charge in [0.1, 0.15) is 0 Å². The van der Waals surface area contributed by atoms with Gasteiger partial charge < -0.3 is 10.2 Å². The van der Waals surface area contributed by atoms with Crippen LogP contribution in [0, 0.1) is 12.3 Å². The van der Waals surface area contributed by atoms with E-state index in [0.29, 0.717) is 21.8 Å². The molecule has 1 spiro atoms. The van der Waals surface area contributed by atoms with Crippen molar-refractivity contribution in [2.75, 3.05) is 36.4 Å². The molecule has 6 rings (SSSR count). The smallest absolute Gasteiger partial charge is 0.261 e. The van der Waals surface area contributed by atoms with Crippen molar-refractivity contribution < 1.29 is 4.79 Å². The van der Waals surface area contributed by atoms with Crippen molar-refractivity contribution in [3.8, 4) is 11.1 Å². The van der Waals surface area contributed by atoms with Crippen LogP contribution in [-0.2, 0) is 0 Å². The van der Waals surface area contributed by atoms with Crippen LogP contribution in [0.1, 0.15) is 16.1 Å². The van der Waals surface area contributed by atoms with Gasteiger partial charge in [0, 0.05) is 67.6 Å². The summed E-state index contributed by atoms with van der Waals surface area (Å²) in [6, 6.07) is 7.92. The normalized spacial score (nSPS) is 16.6. The van der Waals surface area contributed by atoms with Gasteiger partial charge in [0.2, 0.25) is 0 Å². The van der Waals surface area contributed by atoms with Crippen LogP contribution < -0.4 is 15.5 Å². The number of fused-ring (bicyclic) bond motifs is 1. The van der Waals surface area contributed by atoms with E-state index in [4.69, 9.17) is 0 Å². The van der Waals surface area contributed by atoms with E-state index in [0.717, 1.165) is 53.4 Å². The van der Waals surface area contributed by atoms with Crippen LogP contribution in [0.3, 0.4) is 0 Å². The summed E-state index contributed by atoms with van der Waals surface area (Å²) in [5.41, 5.74) is 5.43. The fraction of sp³-hybridized carbons (Fsp3) is 0.261. The van der Waals surface area contributed by atoms with Gasteiger partial charge in [0.15, 0.2) is 10.8 Å². The summed E-state index contributed by atoms with van der Waals surface area (Å²) < 4.78 is 0.916. The highest BCUT2D eigenvalue weighted by atomic mass is 32.1. The third-order valence-corrected chi connectivity index (χ3v) is 7.04. The van der Waals surface area contributed by atoms with Crippen LogP contribution in [0.15, 0.2) is 49.1 Å². The molecule has 9 heteroatoms. The van der Waals surface area contributed by atoms with Gasteiger partial charge >= 0.3 is 0 Å². The first-order valence-electron chi connectivity index (χ1n) is 10.5. The zero-order valence-electron chi connectivity index (χ0n) is 17.5. The average molecular weight is 444 g/mol. The van der Waals surface area contributed by atoms with Crippen molar-refractivity contribution >= 4 is 38.4 Å². The molecule has 2 aliphatic rings. The number of aromatic nitrogens is 4. The Morgan fingerprint density at radius 1 is 1.12 bits per heavy atom. The van der Waals surface area contributed by atoms with Crippen molar-refractivity contribution in [2.24, 2.45) is 5.41 Å². The summed E-state index contributed by atoms with van der Waals surface area (Å²) >= 11 is 1.42. The van der Waals surface area contributed by atoms with E-state index in [1.165, 1.54) is 11.3 Å². The van der Waals surface area contributed by atoms with Gasteiger partial charge in [0.05, 0.1) is 16.0 Å². The quantitative estimate of drug-likeness (QED) is 0.500. The maximum absolute atomic E-state index is 13.1. The van der Waals surface area contributed by atoms with Gasteiger partial charge in [-0.3, -0.25) is 20.1 Å². The number of amides is 1. The Morgan fingerprint density at radius 2 is 1.94 bits per heavy atom. The molecule has 0 atom stereocenters. The molecule has 0 unspecified atom stereocenters. The number of nitrogens with zero attached hydrogens (tertiary/aromatic N) is 5. The molecule has 2 saturated heterocycles. The molecule has 2 fully saturated rings. The predicted octanol–water partition coefficient (Wildman–Crippen LogP) is 3.12. The van der Waals surface area contributed by atoms with Gasteiger partial charge in [-0.05, 0) is 36.8 Å². The van der Waals surface area contributed by atoms with Crippen molar-refractivity contribution in [3.05, 3.63) is 60.3 Å². The fourth-order valence-electron chi connectivity index (χ4n) is 4.36. The molecule has 2 aliphatic heterocycles. The molecule has 0 bridgehead atoms. The standard InChI is InChI=1S/C23H21N7OS/c1-14-6-18(30-12-23(13-30)10-25-11-23)17(9-26-14)21(31)29-22-28-20-19(32-22)7-16(8-27-20)15-2-4-24-5-3-15/h2-9,25H,10-13H2,1H3,(H,27,28,29,31). The molecular formula is C23H21N7OS. The molecule has 4 aromatic heterocycles. The van der Waals surface area contributed by atoms with Gasteiger partial charge in [-0.2, -0.15) is 4.98 Å². The van der Waals surface area contributed by atoms with E-state index in [1.807, 2.05) is 31.2 Å². The maximum atomic E-state index is 13.1. The minimum Gasteiger partial charge on any atom is -0.369 e. The summed E-state index contributed by atoms with van der Waals surface area (Å²) in [6.45, 7) is 5.98. The Balaban J connectivity index is 1.25. The minimum absolute atomic E-state index is 0.200. The second kappa shape index (κ2) is 7.32. The van der Waals surface area contributed by atoms with E-state index < -0.39 is 0 Å². The minimum atomic E-state index is -0.200. The first kappa shape index (κ1) is 19.3. The number of hydrogen-bond acceptors (Lipinski definition) is 8. The van der Waals surface area contributed by atoms with Gasteiger partial charge in [-0.1, -0.05) is 11.3 Å². The number of carbonyl (C=O) groups excluding carboxylic acids is 1. The number of hydrogen-bond donors (Lipinski definition) is 2. The Hall–Kier alpha value is -3.43. The number of aryl methyl sites for hydroxylation is 1. The van der Waals surface area contributed by atoms with Crippen molar-refractivity contribution in [1.29, 1.82) is 0 Å². The van der Waals surface area contributed by atoms with E-state index >= 15 is 0 Å². The summed E-state index contributed by atoms with van der Waals surface area (Å²) in [6.07, 6.45) is 6.97. The zero-order chi connectivity index (χ0) is 21.7. The van der Waals surface area contributed by atoms with Gasteiger partial charge in [-0.15, -0.1) is 0 Å².